The molecule has 0 aliphatic heterocycles. The fourth-order valence-corrected chi connectivity index (χ4v) is 4.19. The molecule has 0 nitrogen and oxygen atoms in total. The largest absolute Gasteiger partial charge is 0.0622 e. The van der Waals surface area contributed by atoms with E-state index in [-0.39, 0.29) is 0 Å². The zero-order chi connectivity index (χ0) is 17.6. The van der Waals surface area contributed by atoms with Gasteiger partial charge in [0, 0.05) is 0 Å². The Balaban J connectivity index is 1.19. The quantitative estimate of drug-likeness (QED) is 0.303. The summed E-state index contributed by atoms with van der Waals surface area (Å²) in [6, 6.07) is 26.8. The third kappa shape index (κ3) is 4.07. The summed E-state index contributed by atoms with van der Waals surface area (Å²) in [5.41, 5.74) is 8.88. The molecule has 1 aliphatic carbocycles. The minimum atomic E-state index is 1.11. The molecule has 0 radical (unpaired) electrons. The molecule has 0 atom stereocenters. The number of hydrogen-bond acceptors (Lipinski definition) is 0. The van der Waals surface area contributed by atoms with E-state index in [0.29, 0.717) is 0 Å². The highest BCUT2D eigenvalue weighted by molar-refractivity contribution is 5.76. The predicted octanol–water partition coefficient (Wildman–Crippen LogP) is 6.99. The summed E-state index contributed by atoms with van der Waals surface area (Å²) in [6.07, 6.45) is 10.3. The summed E-state index contributed by atoms with van der Waals surface area (Å²) >= 11 is 0. The van der Waals surface area contributed by atoms with Gasteiger partial charge in [-0.25, -0.2) is 0 Å². The molecule has 132 valence electrons. The Morgan fingerprint density at radius 2 is 1.15 bits per heavy atom. The van der Waals surface area contributed by atoms with Crippen LogP contribution in [0.1, 0.15) is 54.4 Å². The first-order chi connectivity index (χ1) is 12.9. The first-order valence-corrected chi connectivity index (χ1v) is 10.1. The van der Waals surface area contributed by atoms with Gasteiger partial charge in [-0.05, 0) is 65.5 Å². The standard InChI is InChI=1S/C26H28/c1(2-5-11-21-12-7-4-8-13-21)3-6-14-22-17-18-26-24(19-22)20-23-15-9-10-16-25(23)26/h4,7-10,12-13,15-19H,1-3,5-6,11,14,20H2. The van der Waals surface area contributed by atoms with Gasteiger partial charge in [0.05, 0.1) is 0 Å². The Morgan fingerprint density at radius 3 is 2.00 bits per heavy atom. The molecular formula is C26H28. The molecule has 0 amide bonds. The maximum atomic E-state index is 2.45. The van der Waals surface area contributed by atoms with E-state index in [1.54, 1.807) is 0 Å². The fourth-order valence-electron chi connectivity index (χ4n) is 4.19. The van der Waals surface area contributed by atoms with E-state index in [1.165, 1.54) is 78.3 Å². The lowest BCUT2D eigenvalue weighted by atomic mass is 9.99. The Morgan fingerprint density at radius 1 is 0.500 bits per heavy atom. The maximum absolute atomic E-state index is 2.45. The van der Waals surface area contributed by atoms with Crippen molar-refractivity contribution in [1.29, 1.82) is 0 Å². The molecule has 0 unspecified atom stereocenters. The number of rotatable bonds is 8. The molecule has 1 aliphatic rings. The molecule has 26 heavy (non-hydrogen) atoms. The molecule has 0 heterocycles. The normalized spacial score (nSPS) is 12.0. The van der Waals surface area contributed by atoms with Crippen LogP contribution < -0.4 is 0 Å². The van der Waals surface area contributed by atoms with Crippen molar-refractivity contribution >= 4 is 0 Å². The van der Waals surface area contributed by atoms with Crippen molar-refractivity contribution in [3.63, 3.8) is 0 Å². The Hall–Kier alpha value is -2.34. The van der Waals surface area contributed by atoms with Gasteiger partial charge in [0.25, 0.3) is 0 Å². The van der Waals surface area contributed by atoms with Gasteiger partial charge in [0.2, 0.25) is 0 Å². The molecular weight excluding hydrogens is 312 g/mol. The first kappa shape index (κ1) is 17.1. The molecule has 0 saturated carbocycles. The van der Waals surface area contributed by atoms with Crippen LogP contribution in [-0.4, -0.2) is 0 Å². The van der Waals surface area contributed by atoms with E-state index in [4.69, 9.17) is 0 Å². The van der Waals surface area contributed by atoms with Gasteiger partial charge in [-0.1, -0.05) is 92.1 Å². The lowest BCUT2D eigenvalue weighted by Crippen LogP contribution is -1.90. The zero-order valence-electron chi connectivity index (χ0n) is 15.6. The highest BCUT2D eigenvalue weighted by atomic mass is 14.2. The second-order valence-electron chi connectivity index (χ2n) is 7.58. The summed E-state index contributed by atoms with van der Waals surface area (Å²) < 4.78 is 0. The van der Waals surface area contributed by atoms with Crippen molar-refractivity contribution in [2.24, 2.45) is 0 Å². The Kier molecular flexibility index (Phi) is 5.50. The van der Waals surface area contributed by atoms with Crippen molar-refractivity contribution in [3.8, 4) is 11.1 Å². The van der Waals surface area contributed by atoms with Crippen LogP contribution in [0.4, 0.5) is 0 Å². The van der Waals surface area contributed by atoms with E-state index in [0.717, 1.165) is 6.42 Å². The molecule has 4 rings (SSSR count). The van der Waals surface area contributed by atoms with Crippen LogP contribution in [-0.2, 0) is 19.3 Å². The molecule has 0 saturated heterocycles. The molecule has 0 spiro atoms. The summed E-state index contributed by atoms with van der Waals surface area (Å²) in [4.78, 5) is 0. The van der Waals surface area contributed by atoms with Crippen molar-refractivity contribution in [1.82, 2.24) is 0 Å². The topological polar surface area (TPSA) is 0 Å². The second kappa shape index (κ2) is 8.36. The Bertz CT molecular complexity index is 845. The van der Waals surface area contributed by atoms with E-state index < -0.39 is 0 Å². The van der Waals surface area contributed by atoms with Gasteiger partial charge in [-0.3, -0.25) is 0 Å². The monoisotopic (exact) mass is 340 g/mol. The lowest BCUT2D eigenvalue weighted by molar-refractivity contribution is 0.613. The average Bonchev–Trinajstić information content (AvgIpc) is 3.06. The van der Waals surface area contributed by atoms with E-state index in [9.17, 15) is 0 Å². The molecule has 0 N–H and O–H groups in total. The van der Waals surface area contributed by atoms with Crippen LogP contribution in [0.15, 0.2) is 72.8 Å². The number of unbranched alkanes of at least 4 members (excludes halogenated alkanes) is 4. The van der Waals surface area contributed by atoms with Gasteiger partial charge in [-0.15, -0.1) is 0 Å². The summed E-state index contributed by atoms with van der Waals surface area (Å²) in [7, 11) is 0. The number of fused-ring (bicyclic) bond motifs is 3. The number of hydrogen-bond donors (Lipinski definition) is 0. The van der Waals surface area contributed by atoms with E-state index in [2.05, 4.69) is 72.8 Å². The third-order valence-corrected chi connectivity index (χ3v) is 5.63. The van der Waals surface area contributed by atoms with Crippen LogP contribution >= 0.6 is 0 Å². The lowest BCUT2D eigenvalue weighted by Gasteiger charge is -2.06. The summed E-state index contributed by atoms with van der Waals surface area (Å²) in [6.45, 7) is 0. The molecule has 3 aromatic carbocycles. The first-order valence-electron chi connectivity index (χ1n) is 10.1. The highest BCUT2D eigenvalue weighted by Crippen LogP contribution is 2.36. The Labute approximate surface area is 157 Å². The summed E-state index contributed by atoms with van der Waals surface area (Å²) in [5.74, 6) is 0. The second-order valence-corrected chi connectivity index (χ2v) is 7.58. The van der Waals surface area contributed by atoms with Crippen molar-refractivity contribution in [3.05, 3.63) is 95.1 Å². The number of aryl methyl sites for hydroxylation is 2. The predicted molar refractivity (Wildman–Crippen MR) is 112 cm³/mol. The van der Waals surface area contributed by atoms with Gasteiger partial charge in [0.15, 0.2) is 0 Å². The van der Waals surface area contributed by atoms with Crippen LogP contribution in [0.5, 0.6) is 0 Å². The molecule has 0 heteroatoms. The van der Waals surface area contributed by atoms with E-state index in [1.807, 2.05) is 0 Å². The minimum absolute atomic E-state index is 1.11. The average molecular weight is 341 g/mol. The van der Waals surface area contributed by atoms with Gasteiger partial charge in [-0.2, -0.15) is 0 Å². The van der Waals surface area contributed by atoms with Crippen molar-refractivity contribution in [2.75, 3.05) is 0 Å². The van der Waals surface area contributed by atoms with Gasteiger partial charge < -0.3 is 0 Å². The third-order valence-electron chi connectivity index (χ3n) is 5.63. The number of benzene rings is 3. The van der Waals surface area contributed by atoms with Crippen LogP contribution in [0.3, 0.4) is 0 Å². The smallest absolute Gasteiger partial charge is 0.00134 e. The van der Waals surface area contributed by atoms with Crippen LogP contribution in [0, 0.1) is 0 Å². The highest BCUT2D eigenvalue weighted by Gasteiger charge is 2.17. The van der Waals surface area contributed by atoms with Crippen molar-refractivity contribution < 1.29 is 0 Å². The maximum Gasteiger partial charge on any atom is -0.00134 e. The van der Waals surface area contributed by atoms with Crippen molar-refractivity contribution in [2.45, 2.75) is 51.4 Å². The SMILES string of the molecule is c1ccc(CCCCCCCc2ccc3c(c2)Cc2ccccc2-3)cc1. The molecule has 3 aromatic rings. The molecule has 0 fully saturated rings. The molecule has 0 bridgehead atoms. The van der Waals surface area contributed by atoms with Crippen LogP contribution in [0.25, 0.3) is 11.1 Å². The van der Waals surface area contributed by atoms with Crippen LogP contribution in [0.2, 0.25) is 0 Å². The molecule has 0 aromatic heterocycles. The fraction of sp³-hybridized carbons (Fsp3) is 0.308. The van der Waals surface area contributed by atoms with Gasteiger partial charge >= 0.3 is 0 Å². The zero-order valence-corrected chi connectivity index (χ0v) is 15.6. The van der Waals surface area contributed by atoms with E-state index >= 15 is 0 Å². The van der Waals surface area contributed by atoms with Gasteiger partial charge in [0.1, 0.15) is 0 Å². The minimum Gasteiger partial charge on any atom is -0.0622 e. The summed E-state index contributed by atoms with van der Waals surface area (Å²) in [5, 5.41) is 0.